The van der Waals surface area contributed by atoms with E-state index < -0.39 is 6.61 Å². The van der Waals surface area contributed by atoms with Crippen LogP contribution in [0.15, 0.2) is 46.9 Å². The maximum atomic E-state index is 12.4. The molecule has 0 radical (unpaired) electrons. The number of alkyl halides is 2. The molecule has 1 N–H and O–H groups in total. The summed E-state index contributed by atoms with van der Waals surface area (Å²) >= 11 is 9.48. The van der Waals surface area contributed by atoms with Crippen molar-refractivity contribution < 1.29 is 13.5 Å². The average molecular weight is 377 g/mol. The molecule has 0 aromatic heterocycles. The Balaban J connectivity index is 2.24. The zero-order valence-corrected chi connectivity index (χ0v) is 13.5. The Labute approximate surface area is 135 Å². The first kappa shape index (κ1) is 16.0. The van der Waals surface area contributed by atoms with Gasteiger partial charge in [-0.15, -0.1) is 0 Å². The molecule has 0 saturated heterocycles. The van der Waals surface area contributed by atoms with E-state index in [0.717, 1.165) is 4.47 Å². The molecule has 0 aliphatic carbocycles. The number of hydrogen-bond acceptors (Lipinski definition) is 2. The molecular formula is C15H13BrClF2NO. The lowest BCUT2D eigenvalue weighted by Gasteiger charge is -2.20. The Morgan fingerprint density at radius 2 is 1.90 bits per heavy atom. The summed E-state index contributed by atoms with van der Waals surface area (Å²) in [4.78, 5) is 0. The first-order chi connectivity index (χ1) is 9.97. The monoisotopic (exact) mass is 375 g/mol. The molecule has 1 atom stereocenters. The maximum Gasteiger partial charge on any atom is 0.387 e. The van der Waals surface area contributed by atoms with Crippen molar-refractivity contribution in [3.63, 3.8) is 0 Å². The van der Waals surface area contributed by atoms with Gasteiger partial charge in [-0.2, -0.15) is 8.78 Å². The molecule has 21 heavy (non-hydrogen) atoms. The second kappa shape index (κ2) is 7.09. The number of ether oxygens (including phenoxy) is 1. The Kier molecular flexibility index (Phi) is 5.42. The Morgan fingerprint density at radius 1 is 1.19 bits per heavy atom. The number of halogens is 4. The van der Waals surface area contributed by atoms with Crippen LogP contribution in [0.2, 0.25) is 5.02 Å². The Hall–Kier alpha value is -1.33. The fourth-order valence-electron chi connectivity index (χ4n) is 1.96. The number of benzene rings is 2. The maximum absolute atomic E-state index is 12.4. The van der Waals surface area contributed by atoms with E-state index in [4.69, 9.17) is 11.6 Å². The molecule has 0 spiro atoms. The third-order valence-corrected chi connectivity index (χ3v) is 3.72. The third-order valence-electron chi connectivity index (χ3n) is 2.90. The van der Waals surface area contributed by atoms with Crippen molar-refractivity contribution in [2.45, 2.75) is 19.6 Å². The molecule has 2 rings (SSSR count). The van der Waals surface area contributed by atoms with Gasteiger partial charge >= 0.3 is 6.61 Å². The quantitative estimate of drug-likeness (QED) is 0.704. The molecular weight excluding hydrogens is 364 g/mol. The van der Waals surface area contributed by atoms with Gasteiger partial charge in [-0.3, -0.25) is 0 Å². The van der Waals surface area contributed by atoms with E-state index in [1.54, 1.807) is 24.3 Å². The third kappa shape index (κ3) is 4.32. The SMILES string of the molecule is CC(Nc1cc(Br)ccc1Cl)c1ccccc1OC(F)F. The highest BCUT2D eigenvalue weighted by Gasteiger charge is 2.15. The number of rotatable bonds is 5. The molecule has 2 aromatic rings. The van der Waals surface area contributed by atoms with E-state index in [-0.39, 0.29) is 11.8 Å². The summed E-state index contributed by atoms with van der Waals surface area (Å²) in [7, 11) is 0. The smallest absolute Gasteiger partial charge is 0.387 e. The lowest BCUT2D eigenvalue weighted by molar-refractivity contribution is -0.0505. The summed E-state index contributed by atoms with van der Waals surface area (Å²) in [5, 5.41) is 3.75. The van der Waals surface area contributed by atoms with Crippen molar-refractivity contribution in [2.75, 3.05) is 5.32 Å². The highest BCUT2D eigenvalue weighted by molar-refractivity contribution is 9.10. The van der Waals surface area contributed by atoms with Crippen LogP contribution in [-0.2, 0) is 0 Å². The second-order valence-electron chi connectivity index (χ2n) is 4.41. The molecule has 6 heteroatoms. The average Bonchev–Trinajstić information content (AvgIpc) is 2.42. The number of hydrogen-bond donors (Lipinski definition) is 1. The summed E-state index contributed by atoms with van der Waals surface area (Å²) in [6.45, 7) is -1.00. The van der Waals surface area contributed by atoms with Gasteiger partial charge in [0.2, 0.25) is 0 Å². The van der Waals surface area contributed by atoms with Crippen LogP contribution in [-0.4, -0.2) is 6.61 Å². The van der Waals surface area contributed by atoms with E-state index >= 15 is 0 Å². The van der Waals surface area contributed by atoms with Crippen LogP contribution in [0.3, 0.4) is 0 Å². The first-order valence-corrected chi connectivity index (χ1v) is 7.40. The van der Waals surface area contributed by atoms with Crippen molar-refractivity contribution in [1.29, 1.82) is 0 Å². The normalized spacial score (nSPS) is 12.3. The van der Waals surface area contributed by atoms with Crippen molar-refractivity contribution in [3.8, 4) is 5.75 Å². The van der Waals surface area contributed by atoms with E-state index in [1.807, 2.05) is 19.1 Å². The molecule has 0 bridgehead atoms. The molecule has 0 fully saturated rings. The predicted octanol–water partition coefficient (Wildman–Crippen LogP) is 5.88. The van der Waals surface area contributed by atoms with E-state index in [9.17, 15) is 8.78 Å². The zero-order valence-electron chi connectivity index (χ0n) is 11.1. The molecule has 0 amide bonds. The molecule has 0 heterocycles. The molecule has 0 aliphatic heterocycles. The van der Waals surface area contributed by atoms with Gasteiger partial charge in [-0.25, -0.2) is 0 Å². The molecule has 112 valence electrons. The summed E-state index contributed by atoms with van der Waals surface area (Å²) in [5.74, 6) is 0.151. The standard InChI is InChI=1S/C15H13BrClF2NO/c1-9(20-13-8-10(16)6-7-12(13)17)11-4-2-3-5-14(11)21-15(18)19/h2-9,15,20H,1H3. The summed E-state index contributed by atoms with van der Waals surface area (Å²) in [6, 6.07) is 11.8. The van der Waals surface area contributed by atoms with Crippen LogP contribution in [0.4, 0.5) is 14.5 Å². The molecule has 1 unspecified atom stereocenters. The van der Waals surface area contributed by atoms with Crippen LogP contribution >= 0.6 is 27.5 Å². The highest BCUT2D eigenvalue weighted by Crippen LogP contribution is 2.32. The summed E-state index contributed by atoms with van der Waals surface area (Å²) < 4.78 is 30.3. The number of nitrogens with one attached hydrogen (secondary N) is 1. The van der Waals surface area contributed by atoms with Gasteiger partial charge in [-0.1, -0.05) is 45.7 Å². The van der Waals surface area contributed by atoms with E-state index in [0.29, 0.717) is 16.3 Å². The Bertz CT molecular complexity index is 624. The van der Waals surface area contributed by atoms with E-state index in [1.165, 1.54) is 6.07 Å². The minimum absolute atomic E-state index is 0.151. The first-order valence-electron chi connectivity index (χ1n) is 6.22. The fraction of sp³-hybridized carbons (Fsp3) is 0.200. The minimum Gasteiger partial charge on any atom is -0.434 e. The summed E-state index contributed by atoms with van der Waals surface area (Å²) in [5.41, 5.74) is 1.35. The lowest BCUT2D eigenvalue weighted by atomic mass is 10.1. The van der Waals surface area contributed by atoms with Gasteiger partial charge in [-0.05, 0) is 31.2 Å². The topological polar surface area (TPSA) is 21.3 Å². The van der Waals surface area contributed by atoms with Gasteiger partial charge in [0.25, 0.3) is 0 Å². The van der Waals surface area contributed by atoms with Crippen LogP contribution in [0.1, 0.15) is 18.5 Å². The predicted molar refractivity (Wildman–Crippen MR) is 84.3 cm³/mol. The minimum atomic E-state index is -2.85. The van der Waals surface area contributed by atoms with Crippen molar-refractivity contribution in [1.82, 2.24) is 0 Å². The molecule has 0 aliphatic rings. The van der Waals surface area contributed by atoms with Gasteiger partial charge in [0.15, 0.2) is 0 Å². The van der Waals surface area contributed by atoms with Gasteiger partial charge in [0.05, 0.1) is 16.8 Å². The molecule has 2 aromatic carbocycles. The molecule has 0 saturated carbocycles. The van der Waals surface area contributed by atoms with Crippen molar-refractivity contribution in [3.05, 3.63) is 57.5 Å². The zero-order chi connectivity index (χ0) is 15.4. The fourth-order valence-corrected chi connectivity index (χ4v) is 2.49. The number of para-hydroxylation sites is 1. The van der Waals surface area contributed by atoms with Crippen molar-refractivity contribution in [2.24, 2.45) is 0 Å². The van der Waals surface area contributed by atoms with Crippen LogP contribution in [0.25, 0.3) is 0 Å². The van der Waals surface area contributed by atoms with Crippen LogP contribution in [0.5, 0.6) is 5.75 Å². The largest absolute Gasteiger partial charge is 0.434 e. The van der Waals surface area contributed by atoms with Crippen molar-refractivity contribution >= 4 is 33.2 Å². The van der Waals surface area contributed by atoms with Gasteiger partial charge in [0.1, 0.15) is 5.75 Å². The lowest BCUT2D eigenvalue weighted by Crippen LogP contribution is -2.11. The molecule has 2 nitrogen and oxygen atoms in total. The summed E-state index contributed by atoms with van der Waals surface area (Å²) in [6.07, 6.45) is 0. The highest BCUT2D eigenvalue weighted by atomic mass is 79.9. The van der Waals surface area contributed by atoms with Gasteiger partial charge < -0.3 is 10.1 Å². The van der Waals surface area contributed by atoms with Crippen LogP contribution in [0, 0.1) is 0 Å². The van der Waals surface area contributed by atoms with E-state index in [2.05, 4.69) is 26.0 Å². The number of anilines is 1. The Morgan fingerprint density at radius 3 is 2.62 bits per heavy atom. The van der Waals surface area contributed by atoms with Crippen LogP contribution < -0.4 is 10.1 Å². The van der Waals surface area contributed by atoms with Gasteiger partial charge in [0, 0.05) is 10.0 Å². The second-order valence-corrected chi connectivity index (χ2v) is 5.73.